The summed E-state index contributed by atoms with van der Waals surface area (Å²) in [6, 6.07) is 43.3. The van der Waals surface area contributed by atoms with Gasteiger partial charge < -0.3 is 15.1 Å². The number of benzene rings is 5. The number of para-hydroxylation sites is 1. The zero-order valence-electron chi connectivity index (χ0n) is 30.4. The Hall–Kier alpha value is -5.02. The molecular formula is C47H53N3. The van der Waals surface area contributed by atoms with Gasteiger partial charge in [0.05, 0.1) is 0 Å². The van der Waals surface area contributed by atoms with Crippen molar-refractivity contribution in [2.75, 3.05) is 28.2 Å². The lowest BCUT2D eigenvalue weighted by molar-refractivity contribution is 0.350. The van der Waals surface area contributed by atoms with Crippen molar-refractivity contribution in [2.45, 2.75) is 65.3 Å². The number of rotatable bonds is 13. The summed E-state index contributed by atoms with van der Waals surface area (Å²) < 4.78 is 0. The molecule has 3 heteroatoms. The highest BCUT2D eigenvalue weighted by atomic mass is 15.1. The first-order chi connectivity index (χ1) is 24.6. The summed E-state index contributed by atoms with van der Waals surface area (Å²) in [6.07, 6.45) is 13.4. The molecular weight excluding hydrogens is 607 g/mol. The Labute approximate surface area is 300 Å². The van der Waals surface area contributed by atoms with Crippen molar-refractivity contribution in [1.82, 2.24) is 0 Å². The third-order valence-corrected chi connectivity index (χ3v) is 10.5. The van der Waals surface area contributed by atoms with Gasteiger partial charge in [0.1, 0.15) is 0 Å². The van der Waals surface area contributed by atoms with Crippen LogP contribution >= 0.6 is 0 Å². The Morgan fingerprint density at radius 2 is 1.36 bits per heavy atom. The van der Waals surface area contributed by atoms with Crippen molar-refractivity contribution in [2.24, 2.45) is 5.92 Å². The van der Waals surface area contributed by atoms with Gasteiger partial charge in [-0.2, -0.15) is 0 Å². The summed E-state index contributed by atoms with van der Waals surface area (Å²) in [5.74, 6) is 0.743. The Kier molecular flexibility index (Phi) is 11.6. The molecule has 0 aliphatic heterocycles. The first-order valence-corrected chi connectivity index (χ1v) is 18.6. The molecule has 3 atom stereocenters. The highest BCUT2D eigenvalue weighted by Gasteiger charge is 2.24. The molecule has 0 aromatic heterocycles. The molecule has 1 aliphatic carbocycles. The van der Waals surface area contributed by atoms with Crippen LogP contribution in [-0.4, -0.2) is 19.1 Å². The molecule has 0 spiro atoms. The highest BCUT2D eigenvalue weighted by molar-refractivity contribution is 5.97. The second kappa shape index (κ2) is 16.6. The van der Waals surface area contributed by atoms with E-state index < -0.39 is 0 Å². The summed E-state index contributed by atoms with van der Waals surface area (Å²) in [5.41, 5.74) is 9.79. The van der Waals surface area contributed by atoms with Gasteiger partial charge in [0, 0.05) is 58.9 Å². The van der Waals surface area contributed by atoms with Crippen molar-refractivity contribution in [3.63, 3.8) is 0 Å². The lowest BCUT2D eigenvalue weighted by Crippen LogP contribution is -2.30. The topological polar surface area (TPSA) is 18.5 Å². The van der Waals surface area contributed by atoms with Crippen LogP contribution in [0.2, 0.25) is 0 Å². The minimum atomic E-state index is 0.0602. The molecule has 0 amide bonds. The van der Waals surface area contributed by atoms with E-state index in [0.717, 1.165) is 24.5 Å². The Morgan fingerprint density at radius 3 is 1.98 bits per heavy atom. The average molecular weight is 660 g/mol. The van der Waals surface area contributed by atoms with Crippen LogP contribution in [0.4, 0.5) is 22.7 Å². The molecule has 1 saturated carbocycles. The molecule has 0 heterocycles. The summed E-state index contributed by atoms with van der Waals surface area (Å²) in [7, 11) is 0. The molecule has 3 nitrogen and oxygen atoms in total. The van der Waals surface area contributed by atoms with Crippen molar-refractivity contribution >= 4 is 33.5 Å². The summed E-state index contributed by atoms with van der Waals surface area (Å²) in [6.45, 7) is 14.7. The third-order valence-electron chi connectivity index (χ3n) is 10.5. The van der Waals surface area contributed by atoms with Crippen LogP contribution in [0.1, 0.15) is 76.0 Å². The summed E-state index contributed by atoms with van der Waals surface area (Å²) >= 11 is 0. The maximum absolute atomic E-state index is 4.10. The zero-order valence-corrected chi connectivity index (χ0v) is 30.4. The van der Waals surface area contributed by atoms with Crippen molar-refractivity contribution in [3.05, 3.63) is 169 Å². The smallest absolute Gasteiger partial charge is 0.0422 e. The molecule has 5 aromatic carbocycles. The van der Waals surface area contributed by atoms with Gasteiger partial charge in [0.2, 0.25) is 0 Å². The van der Waals surface area contributed by atoms with Gasteiger partial charge in [0.15, 0.2) is 0 Å². The quantitative estimate of drug-likeness (QED) is 0.100. The maximum Gasteiger partial charge on any atom is 0.0422 e. The first-order valence-electron chi connectivity index (χ1n) is 18.6. The van der Waals surface area contributed by atoms with Gasteiger partial charge in [-0.1, -0.05) is 111 Å². The van der Waals surface area contributed by atoms with Gasteiger partial charge in [-0.15, -0.1) is 0 Å². The monoisotopic (exact) mass is 659 g/mol. The minimum absolute atomic E-state index is 0.0602. The zero-order chi connectivity index (χ0) is 34.9. The van der Waals surface area contributed by atoms with E-state index in [0.29, 0.717) is 12.0 Å². The van der Waals surface area contributed by atoms with E-state index in [-0.39, 0.29) is 5.92 Å². The normalized spacial score (nSPS) is 17.1. The van der Waals surface area contributed by atoms with Crippen LogP contribution in [0.3, 0.4) is 0 Å². The van der Waals surface area contributed by atoms with E-state index in [2.05, 4.69) is 176 Å². The van der Waals surface area contributed by atoms with Crippen molar-refractivity contribution < 1.29 is 0 Å². The number of allylic oxidation sites excluding steroid dienone is 4. The van der Waals surface area contributed by atoms with Crippen LogP contribution in [0, 0.1) is 5.92 Å². The molecule has 1 fully saturated rings. The molecule has 256 valence electrons. The molecule has 50 heavy (non-hydrogen) atoms. The lowest BCUT2D eigenvalue weighted by Gasteiger charge is -2.31. The maximum atomic E-state index is 4.10. The van der Waals surface area contributed by atoms with Gasteiger partial charge in [-0.3, -0.25) is 0 Å². The number of hydrogen-bond acceptors (Lipinski definition) is 3. The Morgan fingerprint density at radius 1 is 0.740 bits per heavy atom. The Balaban J connectivity index is 1.44. The number of likely N-dealkylation sites (N-methyl/N-ethyl adjacent to an activating group) is 1. The van der Waals surface area contributed by atoms with E-state index in [4.69, 9.17) is 0 Å². The van der Waals surface area contributed by atoms with Crippen LogP contribution < -0.4 is 15.1 Å². The van der Waals surface area contributed by atoms with E-state index in [1.807, 2.05) is 13.0 Å². The summed E-state index contributed by atoms with van der Waals surface area (Å²) in [4.78, 5) is 4.68. The molecule has 1 aliphatic rings. The van der Waals surface area contributed by atoms with E-state index in [9.17, 15) is 0 Å². The number of nitrogens with zero attached hydrogens (tertiary/aromatic N) is 2. The predicted molar refractivity (Wildman–Crippen MR) is 218 cm³/mol. The molecule has 0 radical (unpaired) electrons. The van der Waals surface area contributed by atoms with E-state index in [1.165, 1.54) is 70.2 Å². The largest absolute Gasteiger partial charge is 0.382 e. The van der Waals surface area contributed by atoms with Crippen LogP contribution in [0.25, 0.3) is 10.8 Å². The highest BCUT2D eigenvalue weighted by Crippen LogP contribution is 2.41. The second-order valence-corrected chi connectivity index (χ2v) is 13.5. The lowest BCUT2D eigenvalue weighted by atomic mass is 9.82. The van der Waals surface area contributed by atoms with Gasteiger partial charge in [-0.05, 0) is 116 Å². The SMILES string of the molecule is C=C/C(=C\C=C/C)N(CC)c1ccc(C(c2ccc(N(CC)c3ccccc3)cc2)c2ccc(NC3CCCCC3C)c3ccccc23)cc1. The van der Waals surface area contributed by atoms with Crippen LogP contribution in [-0.2, 0) is 0 Å². The third kappa shape index (κ3) is 7.58. The van der Waals surface area contributed by atoms with Crippen molar-refractivity contribution in [3.8, 4) is 0 Å². The molecule has 1 N–H and O–H groups in total. The average Bonchev–Trinajstić information content (AvgIpc) is 3.17. The number of fused-ring (bicyclic) bond motifs is 1. The van der Waals surface area contributed by atoms with Gasteiger partial charge >= 0.3 is 0 Å². The Bertz CT molecular complexity index is 1900. The molecule has 6 rings (SSSR count). The van der Waals surface area contributed by atoms with Gasteiger partial charge in [-0.25, -0.2) is 0 Å². The summed E-state index contributed by atoms with van der Waals surface area (Å²) in [5, 5.41) is 6.59. The van der Waals surface area contributed by atoms with E-state index in [1.54, 1.807) is 0 Å². The van der Waals surface area contributed by atoms with E-state index >= 15 is 0 Å². The molecule has 0 bridgehead atoms. The predicted octanol–water partition coefficient (Wildman–Crippen LogP) is 12.6. The van der Waals surface area contributed by atoms with Crippen molar-refractivity contribution in [1.29, 1.82) is 0 Å². The standard InChI is InChI=1S/C47H53N3/c1-6-10-19-38(7-2)49(8-3)40-29-25-36(26-30-40)47(37-27-31-41(32-28-37)50(9-4)39-20-12-11-13-21-39)44-33-34-46(43-23-16-15-22-42(43)44)48-45-24-17-14-18-35(45)5/h6-7,10-13,15-16,19-23,25-35,45,47-48H,2,8-9,14,17-18,24H2,1,3-5H3/b10-6-,38-19+. The van der Waals surface area contributed by atoms with Crippen LogP contribution in [0.15, 0.2) is 152 Å². The first kappa shape index (κ1) is 34.8. The van der Waals surface area contributed by atoms with Crippen LogP contribution in [0.5, 0.6) is 0 Å². The molecule has 5 aromatic rings. The fraction of sp³-hybridized carbons (Fsp3) is 0.277. The number of hydrogen-bond donors (Lipinski definition) is 1. The second-order valence-electron chi connectivity index (χ2n) is 13.5. The molecule has 0 saturated heterocycles. The van der Waals surface area contributed by atoms with Gasteiger partial charge in [0.25, 0.3) is 0 Å². The number of nitrogens with one attached hydrogen (secondary N) is 1. The fourth-order valence-corrected chi connectivity index (χ4v) is 7.77. The number of anilines is 4. The molecule has 3 unspecified atom stereocenters. The minimum Gasteiger partial charge on any atom is -0.382 e. The fourth-order valence-electron chi connectivity index (χ4n) is 7.77.